The van der Waals surface area contributed by atoms with Gasteiger partial charge in [0.1, 0.15) is 54.9 Å². The molecule has 0 aliphatic carbocycles. The van der Waals surface area contributed by atoms with E-state index in [-0.39, 0.29) is 25.6 Å². The summed E-state index contributed by atoms with van der Waals surface area (Å²) in [6.07, 6.45) is 51.4. The molecular formula is C67H120O14. The third-order valence-electron chi connectivity index (χ3n) is 15.5. The molecule has 2 saturated heterocycles. The Morgan fingerprint density at radius 1 is 0.407 bits per heavy atom. The van der Waals surface area contributed by atoms with Crippen LogP contribution in [-0.2, 0) is 33.2 Å². The zero-order valence-corrected chi connectivity index (χ0v) is 51.0. The molecule has 2 heterocycles. The van der Waals surface area contributed by atoms with Crippen LogP contribution in [0.15, 0.2) is 60.8 Å². The molecule has 0 saturated carbocycles. The predicted molar refractivity (Wildman–Crippen MR) is 326 cm³/mol. The van der Waals surface area contributed by atoms with E-state index in [0.29, 0.717) is 13.0 Å². The maximum absolute atomic E-state index is 13.1. The van der Waals surface area contributed by atoms with Gasteiger partial charge in [-0.25, -0.2) is 0 Å². The Kier molecular flexibility index (Phi) is 49.1. The van der Waals surface area contributed by atoms with Crippen molar-refractivity contribution in [1.29, 1.82) is 0 Å². The summed E-state index contributed by atoms with van der Waals surface area (Å²) in [5, 5.41) is 72.5. The van der Waals surface area contributed by atoms with Crippen LogP contribution >= 0.6 is 0 Å². The summed E-state index contributed by atoms with van der Waals surface area (Å²) in [5.41, 5.74) is 0. The highest BCUT2D eigenvalue weighted by Gasteiger charge is 2.47. The van der Waals surface area contributed by atoms with Crippen LogP contribution in [0.1, 0.15) is 258 Å². The molecule has 14 heteroatoms. The Hall–Kier alpha value is -2.31. The van der Waals surface area contributed by atoms with Crippen molar-refractivity contribution >= 4 is 5.97 Å². The van der Waals surface area contributed by atoms with Crippen molar-refractivity contribution in [3.8, 4) is 0 Å². The second-order valence-corrected chi connectivity index (χ2v) is 22.9. The summed E-state index contributed by atoms with van der Waals surface area (Å²) in [7, 11) is 0. The molecule has 0 bridgehead atoms. The normalized spacial score (nSPS) is 24.1. The molecule has 7 N–H and O–H groups in total. The van der Waals surface area contributed by atoms with Crippen LogP contribution in [0.3, 0.4) is 0 Å². The Balaban J connectivity index is 1.67. The lowest BCUT2D eigenvalue weighted by Crippen LogP contribution is -2.61. The quantitative estimate of drug-likeness (QED) is 0.0172. The van der Waals surface area contributed by atoms with Crippen molar-refractivity contribution in [2.45, 2.75) is 325 Å². The van der Waals surface area contributed by atoms with Gasteiger partial charge in [0.05, 0.1) is 26.4 Å². The molecule has 0 amide bonds. The zero-order chi connectivity index (χ0) is 58.6. The van der Waals surface area contributed by atoms with Gasteiger partial charge in [-0.1, -0.05) is 229 Å². The summed E-state index contributed by atoms with van der Waals surface area (Å²) < 4.78 is 34.5. The van der Waals surface area contributed by atoms with E-state index in [9.17, 15) is 40.5 Å². The average Bonchev–Trinajstić information content (AvgIpc) is 3.46. The molecule has 472 valence electrons. The minimum Gasteiger partial charge on any atom is -0.457 e. The van der Waals surface area contributed by atoms with Crippen molar-refractivity contribution < 1.29 is 69.0 Å². The summed E-state index contributed by atoms with van der Waals surface area (Å²) in [4.78, 5) is 13.1. The molecule has 14 nitrogen and oxygen atoms in total. The molecule has 11 atom stereocenters. The van der Waals surface area contributed by atoms with Crippen molar-refractivity contribution in [1.82, 2.24) is 0 Å². The lowest BCUT2D eigenvalue weighted by molar-refractivity contribution is -0.332. The third-order valence-corrected chi connectivity index (χ3v) is 15.5. The van der Waals surface area contributed by atoms with E-state index in [1.165, 1.54) is 167 Å². The molecule has 2 fully saturated rings. The van der Waals surface area contributed by atoms with Gasteiger partial charge in [-0.05, 0) is 83.5 Å². The molecule has 2 aliphatic heterocycles. The first kappa shape index (κ1) is 74.8. The highest BCUT2D eigenvalue weighted by atomic mass is 16.7. The van der Waals surface area contributed by atoms with Gasteiger partial charge in [0, 0.05) is 13.0 Å². The second-order valence-electron chi connectivity index (χ2n) is 22.9. The van der Waals surface area contributed by atoms with Gasteiger partial charge in [-0.2, -0.15) is 0 Å². The van der Waals surface area contributed by atoms with Gasteiger partial charge >= 0.3 is 5.97 Å². The maximum atomic E-state index is 13.1. The number of hydrogen-bond acceptors (Lipinski definition) is 14. The molecule has 81 heavy (non-hydrogen) atoms. The number of aliphatic hydroxyl groups is 7. The molecule has 0 spiro atoms. The fourth-order valence-electron chi connectivity index (χ4n) is 10.2. The van der Waals surface area contributed by atoms with Gasteiger partial charge in [0.2, 0.25) is 0 Å². The van der Waals surface area contributed by atoms with Gasteiger partial charge in [0.25, 0.3) is 0 Å². The van der Waals surface area contributed by atoms with Crippen LogP contribution in [0.2, 0.25) is 0 Å². The molecule has 0 aromatic carbocycles. The van der Waals surface area contributed by atoms with Crippen LogP contribution in [-0.4, -0.2) is 142 Å². The number of hydrogen-bond donors (Lipinski definition) is 7. The highest BCUT2D eigenvalue weighted by molar-refractivity contribution is 5.69. The highest BCUT2D eigenvalue weighted by Crippen LogP contribution is 2.27. The predicted octanol–water partition coefficient (Wildman–Crippen LogP) is 13.2. The first-order valence-corrected chi connectivity index (χ1v) is 32.9. The second kappa shape index (κ2) is 53.2. The van der Waals surface area contributed by atoms with Crippen LogP contribution < -0.4 is 0 Å². The van der Waals surface area contributed by atoms with Crippen molar-refractivity contribution in [3.05, 3.63) is 60.8 Å². The largest absolute Gasteiger partial charge is 0.457 e. The number of ether oxygens (including phenoxy) is 6. The van der Waals surface area contributed by atoms with Crippen LogP contribution in [0.5, 0.6) is 0 Å². The standard InChI is InChI=1S/C67H120O14/c1-3-5-7-9-11-13-15-17-19-21-23-25-27-29-31-33-35-37-39-41-43-45-47-49-51-76-53-56(54-77-66-65(75)63(73)61(71)58(81-66)55-78-67-64(74)62(72)60(70)57(52-68)80-67)79-59(69)50-48-46-44-42-40-38-36-34-32-30-28-26-24-22-20-18-16-14-12-10-8-6-4-2/h15-18,21-24,27,29,56-58,60-68,70-75H,3-14,19-20,25-26,28,30-55H2,1-2H3/b17-15-,18-16-,23-21-,24-22-,29-27-. The number of rotatable bonds is 54. The van der Waals surface area contributed by atoms with Crippen LogP contribution in [0.4, 0.5) is 0 Å². The van der Waals surface area contributed by atoms with Gasteiger partial charge in [-0.3, -0.25) is 4.79 Å². The minimum absolute atomic E-state index is 0.0560. The monoisotopic (exact) mass is 1150 g/mol. The number of carbonyl (C=O) groups excluding carboxylic acids is 1. The number of esters is 1. The Morgan fingerprint density at radius 3 is 1.20 bits per heavy atom. The molecule has 0 aromatic rings. The summed E-state index contributed by atoms with van der Waals surface area (Å²) in [6.45, 7) is 3.68. The summed E-state index contributed by atoms with van der Waals surface area (Å²) in [6, 6.07) is 0. The lowest BCUT2D eigenvalue weighted by Gasteiger charge is -2.42. The first-order valence-electron chi connectivity index (χ1n) is 32.9. The maximum Gasteiger partial charge on any atom is 0.306 e. The van der Waals surface area contributed by atoms with Crippen molar-refractivity contribution in [2.75, 3.05) is 33.0 Å². The molecule has 2 rings (SSSR count). The average molecular weight is 1150 g/mol. The topological polar surface area (TPSA) is 214 Å². The summed E-state index contributed by atoms with van der Waals surface area (Å²) >= 11 is 0. The van der Waals surface area contributed by atoms with Crippen LogP contribution in [0.25, 0.3) is 0 Å². The number of aliphatic hydroxyl groups excluding tert-OH is 7. The van der Waals surface area contributed by atoms with Crippen LogP contribution in [0, 0.1) is 0 Å². The van der Waals surface area contributed by atoms with E-state index in [2.05, 4.69) is 74.6 Å². The Bertz CT molecular complexity index is 1570. The lowest BCUT2D eigenvalue weighted by atomic mass is 9.98. The van der Waals surface area contributed by atoms with Gasteiger partial charge in [0.15, 0.2) is 12.6 Å². The third kappa shape index (κ3) is 39.1. The first-order chi connectivity index (χ1) is 39.6. The molecule has 2 aliphatic rings. The van der Waals surface area contributed by atoms with Crippen molar-refractivity contribution in [2.24, 2.45) is 0 Å². The number of allylic oxidation sites excluding steroid dienone is 10. The van der Waals surface area contributed by atoms with E-state index in [1.54, 1.807) is 0 Å². The van der Waals surface area contributed by atoms with E-state index in [1.807, 2.05) is 0 Å². The van der Waals surface area contributed by atoms with Gasteiger partial charge in [-0.15, -0.1) is 0 Å². The molecule has 0 aromatic heterocycles. The number of unbranched alkanes of at least 4 members (excludes halogenated alkanes) is 30. The zero-order valence-electron chi connectivity index (χ0n) is 51.0. The number of carbonyl (C=O) groups is 1. The van der Waals surface area contributed by atoms with E-state index >= 15 is 0 Å². The smallest absolute Gasteiger partial charge is 0.306 e. The fraction of sp³-hybridized carbons (Fsp3) is 0.836. The van der Waals surface area contributed by atoms with Crippen molar-refractivity contribution in [3.63, 3.8) is 0 Å². The minimum atomic E-state index is -1.71. The molecule has 11 unspecified atom stereocenters. The van der Waals surface area contributed by atoms with E-state index in [0.717, 1.165) is 64.2 Å². The summed E-state index contributed by atoms with van der Waals surface area (Å²) in [5.74, 6) is -0.379. The SMILES string of the molecule is CCCCCCC/C=C\C/C=C\C/C=C\CCCCCCCCCCCOCC(COC1OC(COC2OC(CO)C(O)C(O)C2O)C(O)C(O)C1O)OC(=O)CCCCCCCCCCCCC/C=C\C/C=C\CCCCCCC. The Morgan fingerprint density at radius 2 is 0.765 bits per heavy atom. The molecular weight excluding hydrogens is 1030 g/mol. The van der Waals surface area contributed by atoms with Gasteiger partial charge < -0.3 is 64.2 Å². The molecule has 0 radical (unpaired) electrons. The van der Waals surface area contributed by atoms with E-state index in [4.69, 9.17) is 28.4 Å². The fourth-order valence-corrected chi connectivity index (χ4v) is 10.2. The van der Waals surface area contributed by atoms with E-state index < -0.39 is 80.7 Å². The Labute approximate surface area is 492 Å².